The minimum Gasteiger partial charge on any atom is -0.481 e. The first kappa shape index (κ1) is 29.5. The zero-order valence-corrected chi connectivity index (χ0v) is 24.4. The van der Waals surface area contributed by atoms with Gasteiger partial charge in [-0.2, -0.15) is 5.26 Å². The van der Waals surface area contributed by atoms with Crippen LogP contribution in [0, 0.1) is 18.3 Å². The second kappa shape index (κ2) is 13.3. The number of nitriles is 1. The maximum absolute atomic E-state index is 13.4. The van der Waals surface area contributed by atoms with E-state index in [1.807, 2.05) is 25.1 Å². The molecule has 2 aliphatic heterocycles. The fourth-order valence-electron chi connectivity index (χ4n) is 5.09. The van der Waals surface area contributed by atoms with Crippen molar-refractivity contribution in [2.24, 2.45) is 0 Å². The molecule has 210 valence electrons. The number of thiocarbonyl (C=S) groups is 1. The highest BCUT2D eigenvalue weighted by Gasteiger charge is 2.33. The lowest BCUT2D eigenvalue weighted by Crippen LogP contribution is -2.48. The Labute approximate surface area is 243 Å². The fraction of sp³-hybridized carbons (Fsp3) is 0.414. The molecule has 1 amide bonds. The smallest absolute Gasteiger partial charge is 0.303 e. The first-order valence-corrected chi connectivity index (χ1v) is 14.6. The van der Waals surface area contributed by atoms with Gasteiger partial charge in [0.05, 0.1) is 4.91 Å². The van der Waals surface area contributed by atoms with E-state index < -0.39 is 5.97 Å². The van der Waals surface area contributed by atoms with Crippen molar-refractivity contribution < 1.29 is 14.7 Å². The summed E-state index contributed by atoms with van der Waals surface area (Å²) >= 11 is 6.60. The predicted octanol–water partition coefficient (Wildman–Crippen LogP) is 3.83. The number of aliphatic carboxylic acids is 1. The van der Waals surface area contributed by atoms with E-state index in [1.165, 1.54) is 10.5 Å². The van der Waals surface area contributed by atoms with Crippen molar-refractivity contribution in [1.29, 1.82) is 5.26 Å². The van der Waals surface area contributed by atoms with Crippen LogP contribution in [0.5, 0.6) is 0 Å². The molecule has 0 unspecified atom stereocenters. The van der Waals surface area contributed by atoms with Gasteiger partial charge in [0.25, 0.3) is 11.5 Å². The van der Waals surface area contributed by atoms with Crippen LogP contribution in [0.2, 0.25) is 0 Å². The summed E-state index contributed by atoms with van der Waals surface area (Å²) in [6.45, 7) is 8.26. The molecule has 2 aromatic rings. The number of rotatable bonds is 10. The molecule has 1 N–H and O–H groups in total. The van der Waals surface area contributed by atoms with Crippen molar-refractivity contribution in [2.45, 2.75) is 46.2 Å². The quantitative estimate of drug-likeness (QED) is 0.332. The minimum atomic E-state index is -0.924. The Bertz CT molecular complexity index is 1420. The monoisotopic (exact) mass is 579 g/mol. The zero-order valence-electron chi connectivity index (χ0n) is 22.8. The number of pyridine rings is 1. The Morgan fingerprint density at radius 2 is 1.85 bits per heavy atom. The van der Waals surface area contributed by atoms with Gasteiger partial charge in [0.15, 0.2) is 0 Å². The standard InChI is InChI=1S/C29H33N5O4S2/c1-3-11-33-26(32-15-13-31(14-16-32)19-21-8-5-4-6-9-21)22(20(2)23(18-30)27(33)37)17-24-28(38)34(29(39)40-24)12-7-10-25(35)36/h4-6,8-9,17H,3,7,10-16,19H2,1-2H3,(H,35,36)/b24-17+. The Hall–Kier alpha value is -3.46. The second-order valence-electron chi connectivity index (χ2n) is 9.89. The third kappa shape index (κ3) is 6.46. The molecule has 0 aliphatic carbocycles. The number of carboxylic acids is 1. The van der Waals surface area contributed by atoms with Gasteiger partial charge < -0.3 is 10.0 Å². The van der Waals surface area contributed by atoms with Crippen LogP contribution in [0.25, 0.3) is 6.08 Å². The molecule has 0 saturated carbocycles. The Kier molecular flexibility index (Phi) is 9.79. The summed E-state index contributed by atoms with van der Waals surface area (Å²) in [5.74, 6) is -0.489. The average Bonchev–Trinajstić information content (AvgIpc) is 3.20. The van der Waals surface area contributed by atoms with E-state index in [0.29, 0.717) is 52.8 Å². The van der Waals surface area contributed by atoms with E-state index in [4.69, 9.17) is 17.3 Å². The molecule has 2 aliphatic rings. The maximum atomic E-state index is 13.4. The molecule has 2 fully saturated rings. The van der Waals surface area contributed by atoms with Crippen molar-refractivity contribution in [2.75, 3.05) is 37.6 Å². The number of hydrogen-bond acceptors (Lipinski definition) is 8. The van der Waals surface area contributed by atoms with E-state index in [0.717, 1.165) is 37.2 Å². The Balaban J connectivity index is 1.69. The summed E-state index contributed by atoms with van der Waals surface area (Å²) in [6, 6.07) is 12.4. The van der Waals surface area contributed by atoms with E-state index >= 15 is 0 Å². The Morgan fingerprint density at radius 1 is 1.15 bits per heavy atom. The van der Waals surface area contributed by atoms with Crippen molar-refractivity contribution in [3.8, 4) is 6.07 Å². The number of benzene rings is 1. The lowest BCUT2D eigenvalue weighted by molar-refractivity contribution is -0.137. The molecule has 0 radical (unpaired) electrons. The van der Waals surface area contributed by atoms with Gasteiger partial charge in [-0.1, -0.05) is 61.2 Å². The molecule has 0 spiro atoms. The number of aromatic nitrogens is 1. The van der Waals surface area contributed by atoms with Gasteiger partial charge in [0.1, 0.15) is 21.8 Å². The number of hydrogen-bond donors (Lipinski definition) is 1. The van der Waals surface area contributed by atoms with Crippen LogP contribution in [0.3, 0.4) is 0 Å². The van der Waals surface area contributed by atoms with Crippen LogP contribution in [-0.2, 0) is 22.7 Å². The number of piperazine rings is 1. The largest absolute Gasteiger partial charge is 0.481 e. The fourth-order valence-corrected chi connectivity index (χ4v) is 6.38. The molecular weight excluding hydrogens is 546 g/mol. The highest BCUT2D eigenvalue weighted by molar-refractivity contribution is 8.26. The van der Waals surface area contributed by atoms with Crippen molar-refractivity contribution >= 4 is 52.1 Å². The van der Waals surface area contributed by atoms with E-state index in [2.05, 4.69) is 28.0 Å². The molecule has 40 heavy (non-hydrogen) atoms. The summed E-state index contributed by atoms with van der Waals surface area (Å²) in [5, 5.41) is 18.8. The third-order valence-corrected chi connectivity index (χ3v) is 8.51. The molecule has 0 atom stereocenters. The van der Waals surface area contributed by atoms with Gasteiger partial charge in [0, 0.05) is 57.8 Å². The predicted molar refractivity (Wildman–Crippen MR) is 161 cm³/mol. The first-order chi connectivity index (χ1) is 19.2. The maximum Gasteiger partial charge on any atom is 0.303 e. The highest BCUT2D eigenvalue weighted by Crippen LogP contribution is 2.36. The van der Waals surface area contributed by atoms with Crippen LogP contribution in [0.1, 0.15) is 48.4 Å². The molecule has 2 saturated heterocycles. The lowest BCUT2D eigenvalue weighted by Gasteiger charge is -2.38. The van der Waals surface area contributed by atoms with Crippen LogP contribution in [-0.4, -0.2) is 68.4 Å². The first-order valence-electron chi connectivity index (χ1n) is 13.4. The summed E-state index contributed by atoms with van der Waals surface area (Å²) < 4.78 is 2.05. The van der Waals surface area contributed by atoms with Gasteiger partial charge in [-0.15, -0.1) is 0 Å². The third-order valence-electron chi connectivity index (χ3n) is 7.14. The molecule has 9 nitrogen and oxygen atoms in total. The lowest BCUT2D eigenvalue weighted by atomic mass is 10.0. The number of nitrogens with zero attached hydrogens (tertiary/aromatic N) is 5. The van der Waals surface area contributed by atoms with Crippen LogP contribution in [0.15, 0.2) is 40.0 Å². The van der Waals surface area contributed by atoms with Gasteiger partial charge in [-0.05, 0) is 37.0 Å². The molecule has 1 aromatic heterocycles. The van der Waals surface area contributed by atoms with Gasteiger partial charge >= 0.3 is 5.97 Å². The number of carboxylic acid groups (broad SMARTS) is 1. The summed E-state index contributed by atoms with van der Waals surface area (Å²) in [6.07, 6.45) is 2.71. The molecule has 0 bridgehead atoms. The average molecular weight is 580 g/mol. The van der Waals surface area contributed by atoms with Gasteiger partial charge in [-0.3, -0.25) is 28.8 Å². The normalized spacial score (nSPS) is 17.1. The molecule has 1 aromatic carbocycles. The second-order valence-corrected chi connectivity index (χ2v) is 11.6. The SMILES string of the molecule is CCCn1c(N2CCN(Cc3ccccc3)CC2)c(/C=C2/SC(=S)N(CCCC(=O)O)C2=O)c(C)c(C#N)c1=O. The van der Waals surface area contributed by atoms with Crippen LogP contribution < -0.4 is 10.5 Å². The van der Waals surface area contributed by atoms with Crippen LogP contribution in [0.4, 0.5) is 5.82 Å². The Morgan fingerprint density at radius 3 is 2.48 bits per heavy atom. The van der Waals surface area contributed by atoms with Crippen molar-refractivity contribution in [1.82, 2.24) is 14.4 Å². The zero-order chi connectivity index (χ0) is 28.8. The number of amides is 1. The van der Waals surface area contributed by atoms with E-state index in [9.17, 15) is 19.6 Å². The van der Waals surface area contributed by atoms with Crippen molar-refractivity contribution in [3.63, 3.8) is 0 Å². The molecular formula is C29H33N5O4S2. The van der Waals surface area contributed by atoms with Gasteiger partial charge in [0.2, 0.25) is 0 Å². The van der Waals surface area contributed by atoms with Gasteiger partial charge in [-0.25, -0.2) is 0 Å². The highest BCUT2D eigenvalue weighted by atomic mass is 32.2. The summed E-state index contributed by atoms with van der Waals surface area (Å²) in [7, 11) is 0. The summed E-state index contributed by atoms with van der Waals surface area (Å²) in [4.78, 5) is 44.1. The number of carbonyl (C=O) groups is 2. The number of carbonyl (C=O) groups excluding carboxylic acids is 1. The molecule has 11 heteroatoms. The number of thioether (sulfide) groups is 1. The van der Waals surface area contributed by atoms with Crippen LogP contribution >= 0.6 is 24.0 Å². The van der Waals surface area contributed by atoms with E-state index in [1.54, 1.807) is 17.6 Å². The van der Waals surface area contributed by atoms with Crippen molar-refractivity contribution in [3.05, 3.63) is 67.8 Å². The molecule has 4 rings (SSSR count). The summed E-state index contributed by atoms with van der Waals surface area (Å²) in [5.41, 5.74) is 2.22. The molecule has 3 heterocycles. The topological polar surface area (TPSA) is 110 Å². The minimum absolute atomic E-state index is 0.0525. The number of anilines is 1. The van der Waals surface area contributed by atoms with E-state index in [-0.39, 0.29) is 30.0 Å².